The molecular formula is C13H19N5O3. The van der Waals surface area contributed by atoms with E-state index in [1.54, 1.807) is 27.7 Å². The van der Waals surface area contributed by atoms with Crippen LogP contribution in [0, 0.1) is 0 Å². The van der Waals surface area contributed by atoms with Crippen LogP contribution in [0.15, 0.2) is 6.20 Å². The second-order valence-corrected chi connectivity index (χ2v) is 5.62. The number of nitrogens with two attached hydrogens (primary N) is 1. The maximum Gasteiger partial charge on any atom is 0.342 e. The van der Waals surface area contributed by atoms with Gasteiger partial charge >= 0.3 is 5.97 Å². The molecule has 0 bridgehead atoms. The van der Waals surface area contributed by atoms with E-state index >= 15 is 0 Å². The number of hydrogen-bond acceptors (Lipinski definition) is 7. The summed E-state index contributed by atoms with van der Waals surface area (Å²) < 4.78 is 12.1. The molecule has 0 spiro atoms. The van der Waals surface area contributed by atoms with Crippen LogP contribution in [0.25, 0.3) is 5.78 Å². The quantitative estimate of drug-likeness (QED) is 0.852. The highest BCUT2D eigenvalue weighted by Crippen LogP contribution is 2.23. The summed E-state index contributed by atoms with van der Waals surface area (Å²) in [6.07, 6.45) is 1.00. The van der Waals surface area contributed by atoms with E-state index in [2.05, 4.69) is 15.1 Å². The lowest BCUT2D eigenvalue weighted by atomic mass is 10.1. The number of carbonyl (C=O) groups is 1. The average Bonchev–Trinajstić information content (AvgIpc) is 2.74. The third-order valence-corrected chi connectivity index (χ3v) is 2.78. The number of esters is 1. The lowest BCUT2D eigenvalue weighted by Crippen LogP contribution is -2.26. The van der Waals surface area contributed by atoms with Crippen LogP contribution in [0.2, 0.25) is 0 Å². The van der Waals surface area contributed by atoms with Crippen molar-refractivity contribution in [3.8, 4) is 0 Å². The van der Waals surface area contributed by atoms with Crippen molar-refractivity contribution < 1.29 is 14.3 Å². The maximum atomic E-state index is 12.3. The molecule has 2 aromatic rings. The minimum Gasteiger partial charge on any atom is -0.456 e. The Hall–Kier alpha value is -2.22. The molecule has 0 radical (unpaired) electrons. The Morgan fingerprint density at radius 1 is 1.43 bits per heavy atom. The van der Waals surface area contributed by atoms with Gasteiger partial charge in [0.1, 0.15) is 11.2 Å². The molecule has 8 heteroatoms. The van der Waals surface area contributed by atoms with E-state index < -0.39 is 17.7 Å². The van der Waals surface area contributed by atoms with E-state index in [4.69, 9.17) is 15.2 Å². The number of rotatable bonds is 3. The van der Waals surface area contributed by atoms with Gasteiger partial charge in [-0.1, -0.05) is 0 Å². The molecule has 0 amide bonds. The topological polar surface area (TPSA) is 105 Å². The molecule has 1 unspecified atom stereocenters. The summed E-state index contributed by atoms with van der Waals surface area (Å²) >= 11 is 0. The first-order valence-electron chi connectivity index (χ1n) is 6.50. The standard InChI is InChI=1S/C13H19N5O3/c1-7(20-5)9-8(10(19)21-13(2,3)4)6-15-12-16-11(14)17-18(9)12/h6-7H,1-5H3,(H2,14,17). The van der Waals surface area contributed by atoms with Gasteiger partial charge in [-0.05, 0) is 27.7 Å². The van der Waals surface area contributed by atoms with E-state index in [0.717, 1.165) is 0 Å². The van der Waals surface area contributed by atoms with Crippen LogP contribution < -0.4 is 5.73 Å². The fourth-order valence-electron chi connectivity index (χ4n) is 1.86. The van der Waals surface area contributed by atoms with Gasteiger partial charge in [0.15, 0.2) is 0 Å². The largest absolute Gasteiger partial charge is 0.456 e. The summed E-state index contributed by atoms with van der Waals surface area (Å²) in [5, 5.41) is 4.05. The first-order chi connectivity index (χ1) is 9.73. The van der Waals surface area contributed by atoms with Crippen LogP contribution in [-0.2, 0) is 9.47 Å². The number of fused-ring (bicyclic) bond motifs is 1. The van der Waals surface area contributed by atoms with Crippen LogP contribution in [0.3, 0.4) is 0 Å². The van der Waals surface area contributed by atoms with E-state index in [0.29, 0.717) is 11.5 Å². The van der Waals surface area contributed by atoms with Gasteiger partial charge in [-0.25, -0.2) is 9.78 Å². The minimum absolute atomic E-state index is 0.0772. The summed E-state index contributed by atoms with van der Waals surface area (Å²) in [5.41, 5.74) is 5.75. The monoisotopic (exact) mass is 293 g/mol. The molecule has 0 aromatic carbocycles. The van der Waals surface area contributed by atoms with Crippen molar-refractivity contribution in [2.75, 3.05) is 12.8 Å². The lowest BCUT2D eigenvalue weighted by molar-refractivity contribution is 0.00603. The van der Waals surface area contributed by atoms with Gasteiger partial charge < -0.3 is 15.2 Å². The lowest BCUT2D eigenvalue weighted by Gasteiger charge is -2.21. The van der Waals surface area contributed by atoms with Gasteiger partial charge in [-0.2, -0.15) is 9.50 Å². The molecule has 2 rings (SSSR count). The Morgan fingerprint density at radius 3 is 2.67 bits per heavy atom. The summed E-state index contributed by atoms with van der Waals surface area (Å²) in [6, 6.07) is 0. The number of methoxy groups -OCH3 is 1. The number of anilines is 1. The molecule has 21 heavy (non-hydrogen) atoms. The Morgan fingerprint density at radius 2 is 2.10 bits per heavy atom. The molecule has 0 aliphatic heterocycles. The zero-order valence-corrected chi connectivity index (χ0v) is 12.7. The van der Waals surface area contributed by atoms with Gasteiger partial charge in [-0.3, -0.25) is 0 Å². The molecule has 114 valence electrons. The molecule has 0 fully saturated rings. The number of aromatic nitrogens is 4. The first kappa shape index (κ1) is 15.2. The van der Waals surface area contributed by atoms with Crippen molar-refractivity contribution in [1.29, 1.82) is 0 Å². The number of nitrogen functional groups attached to an aromatic ring is 1. The van der Waals surface area contributed by atoms with Crippen molar-refractivity contribution in [3.05, 3.63) is 17.5 Å². The predicted octanol–water partition coefficient (Wildman–Crippen LogP) is 1.37. The Labute approximate surface area is 122 Å². The molecule has 2 N–H and O–H groups in total. The van der Waals surface area contributed by atoms with E-state index in [1.807, 2.05) is 0 Å². The molecule has 0 saturated carbocycles. The van der Waals surface area contributed by atoms with Gasteiger partial charge in [0, 0.05) is 13.3 Å². The zero-order chi connectivity index (χ0) is 15.8. The smallest absolute Gasteiger partial charge is 0.342 e. The van der Waals surface area contributed by atoms with E-state index in [-0.39, 0.29) is 11.5 Å². The highest BCUT2D eigenvalue weighted by Gasteiger charge is 2.26. The number of carbonyl (C=O) groups excluding carboxylic acids is 1. The summed E-state index contributed by atoms with van der Waals surface area (Å²) in [6.45, 7) is 7.18. The highest BCUT2D eigenvalue weighted by atomic mass is 16.6. The van der Waals surface area contributed by atoms with Crippen molar-refractivity contribution in [2.45, 2.75) is 39.4 Å². The molecule has 0 aliphatic rings. The van der Waals surface area contributed by atoms with Crippen LogP contribution in [0.4, 0.5) is 5.95 Å². The molecule has 0 saturated heterocycles. The zero-order valence-electron chi connectivity index (χ0n) is 12.7. The van der Waals surface area contributed by atoms with Crippen LogP contribution in [0.5, 0.6) is 0 Å². The Balaban J connectivity index is 2.59. The van der Waals surface area contributed by atoms with E-state index in [9.17, 15) is 4.79 Å². The molecule has 2 heterocycles. The SMILES string of the molecule is COC(C)c1c(C(=O)OC(C)(C)C)cnc2nc(N)nn12. The average molecular weight is 293 g/mol. The summed E-state index contributed by atoms with van der Waals surface area (Å²) in [5.74, 6) is -0.114. The van der Waals surface area contributed by atoms with Crippen LogP contribution >= 0.6 is 0 Å². The van der Waals surface area contributed by atoms with Gasteiger partial charge in [-0.15, -0.1) is 5.10 Å². The van der Waals surface area contributed by atoms with Gasteiger partial charge in [0.2, 0.25) is 5.95 Å². The van der Waals surface area contributed by atoms with Gasteiger partial charge in [0.25, 0.3) is 5.78 Å². The Bertz CT molecular complexity index is 674. The number of hydrogen-bond donors (Lipinski definition) is 1. The molecule has 0 aliphatic carbocycles. The summed E-state index contributed by atoms with van der Waals surface area (Å²) in [7, 11) is 1.54. The van der Waals surface area contributed by atoms with Crippen LogP contribution in [0.1, 0.15) is 49.9 Å². The minimum atomic E-state index is -0.610. The second-order valence-electron chi connectivity index (χ2n) is 5.62. The second kappa shape index (κ2) is 5.28. The molecule has 1 atom stereocenters. The molecular weight excluding hydrogens is 274 g/mol. The van der Waals surface area contributed by atoms with Gasteiger partial charge in [0.05, 0.1) is 11.8 Å². The van der Waals surface area contributed by atoms with E-state index in [1.165, 1.54) is 17.8 Å². The molecule has 8 nitrogen and oxygen atoms in total. The number of ether oxygens (including phenoxy) is 2. The van der Waals surface area contributed by atoms with Crippen LogP contribution in [-0.4, -0.2) is 38.3 Å². The van der Waals surface area contributed by atoms with Crippen molar-refractivity contribution >= 4 is 17.7 Å². The van der Waals surface area contributed by atoms with Crippen molar-refractivity contribution in [3.63, 3.8) is 0 Å². The van der Waals surface area contributed by atoms with Crippen molar-refractivity contribution in [2.24, 2.45) is 0 Å². The predicted molar refractivity (Wildman–Crippen MR) is 75.8 cm³/mol. The normalized spacial score (nSPS) is 13.4. The van der Waals surface area contributed by atoms with Crippen molar-refractivity contribution in [1.82, 2.24) is 19.6 Å². The molecule has 2 aromatic heterocycles. The Kier molecular flexibility index (Phi) is 3.82. The fraction of sp³-hybridized carbons (Fsp3) is 0.538. The fourth-order valence-corrected chi connectivity index (χ4v) is 1.86. The third-order valence-electron chi connectivity index (χ3n) is 2.78. The highest BCUT2D eigenvalue weighted by molar-refractivity contribution is 5.91. The number of nitrogens with zero attached hydrogens (tertiary/aromatic N) is 4. The first-order valence-corrected chi connectivity index (χ1v) is 6.50. The third kappa shape index (κ3) is 3.10. The summed E-state index contributed by atoms with van der Waals surface area (Å²) in [4.78, 5) is 20.4. The maximum absolute atomic E-state index is 12.3.